The van der Waals surface area contributed by atoms with Crippen molar-refractivity contribution in [3.63, 3.8) is 0 Å². The molecule has 1 aromatic heterocycles. The molecule has 122 valence electrons. The van der Waals surface area contributed by atoms with Gasteiger partial charge in [0.2, 0.25) is 10.0 Å². The summed E-state index contributed by atoms with van der Waals surface area (Å²) in [5.74, 6) is 0. The van der Waals surface area contributed by atoms with Gasteiger partial charge >= 0.3 is 0 Å². The van der Waals surface area contributed by atoms with Gasteiger partial charge in [-0.25, -0.2) is 8.42 Å². The molecule has 1 aromatic carbocycles. The fraction of sp³-hybridized carbons (Fsp3) is 0.353. The van der Waals surface area contributed by atoms with Crippen molar-refractivity contribution in [1.29, 1.82) is 0 Å². The summed E-state index contributed by atoms with van der Waals surface area (Å²) in [6.45, 7) is 6.55. The number of sulfonamides is 1. The quantitative estimate of drug-likeness (QED) is 0.865. The van der Waals surface area contributed by atoms with Crippen molar-refractivity contribution in [2.45, 2.75) is 18.7 Å². The molecule has 0 N–H and O–H groups in total. The minimum absolute atomic E-state index is 0.264. The molecular weight excluding hydrogens is 310 g/mol. The second-order valence-corrected chi connectivity index (χ2v) is 7.81. The average Bonchev–Trinajstić information content (AvgIpc) is 2.56. The van der Waals surface area contributed by atoms with Crippen molar-refractivity contribution in [2.75, 3.05) is 31.1 Å². The van der Waals surface area contributed by atoms with Crippen LogP contribution in [-0.4, -0.2) is 43.9 Å². The maximum Gasteiger partial charge on any atom is 0.244 e. The molecule has 2 heterocycles. The molecule has 0 atom stereocenters. The molecule has 1 fully saturated rings. The van der Waals surface area contributed by atoms with Crippen LogP contribution in [0.15, 0.2) is 47.6 Å². The normalized spacial score (nSPS) is 16.5. The van der Waals surface area contributed by atoms with Crippen LogP contribution in [-0.2, 0) is 10.0 Å². The second-order valence-electron chi connectivity index (χ2n) is 5.87. The molecule has 0 amide bonds. The lowest BCUT2D eigenvalue weighted by Crippen LogP contribution is -2.48. The summed E-state index contributed by atoms with van der Waals surface area (Å²) in [4.78, 5) is 6.43. The van der Waals surface area contributed by atoms with E-state index in [4.69, 9.17) is 0 Å². The molecule has 6 heteroatoms. The molecule has 0 unspecified atom stereocenters. The molecule has 0 spiro atoms. The molecular formula is C17H21N3O2S. The maximum atomic E-state index is 12.6. The van der Waals surface area contributed by atoms with Crippen LogP contribution < -0.4 is 4.90 Å². The number of piperazine rings is 1. The molecule has 3 rings (SSSR count). The van der Waals surface area contributed by atoms with Crippen LogP contribution in [0, 0.1) is 13.8 Å². The summed E-state index contributed by atoms with van der Waals surface area (Å²) in [6.07, 6.45) is 2.99. The number of aryl methyl sites for hydroxylation is 2. The van der Waals surface area contributed by atoms with E-state index in [2.05, 4.69) is 41.9 Å². The largest absolute Gasteiger partial charge is 0.369 e. The standard InChI is InChI=1S/C17H21N3O2S/c1-14-5-6-17(15(2)12-14)19-8-10-20(11-9-19)23(21,22)16-4-3-7-18-13-16/h3-7,12-13H,8-11H2,1-2H3. The van der Waals surface area contributed by atoms with E-state index >= 15 is 0 Å². The predicted molar refractivity (Wildman–Crippen MR) is 91.1 cm³/mol. The summed E-state index contributed by atoms with van der Waals surface area (Å²) >= 11 is 0. The number of hydrogen-bond donors (Lipinski definition) is 0. The van der Waals surface area contributed by atoms with Crippen LogP contribution in [0.5, 0.6) is 0 Å². The molecule has 1 aliphatic heterocycles. The third-order valence-corrected chi connectivity index (χ3v) is 6.09. The third kappa shape index (κ3) is 3.23. The SMILES string of the molecule is Cc1ccc(N2CCN(S(=O)(=O)c3cccnc3)CC2)c(C)c1. The zero-order valence-electron chi connectivity index (χ0n) is 13.4. The van der Waals surface area contributed by atoms with Gasteiger partial charge in [-0.1, -0.05) is 17.7 Å². The van der Waals surface area contributed by atoms with Gasteiger partial charge in [-0.2, -0.15) is 4.31 Å². The van der Waals surface area contributed by atoms with E-state index in [-0.39, 0.29) is 4.90 Å². The summed E-state index contributed by atoms with van der Waals surface area (Å²) in [5, 5.41) is 0. The minimum atomic E-state index is -3.44. The molecule has 1 aliphatic rings. The fourth-order valence-corrected chi connectivity index (χ4v) is 4.37. The van der Waals surface area contributed by atoms with Crippen LogP contribution in [0.25, 0.3) is 0 Å². The van der Waals surface area contributed by atoms with Gasteiger partial charge in [0.25, 0.3) is 0 Å². The third-order valence-electron chi connectivity index (χ3n) is 4.20. The molecule has 0 radical (unpaired) electrons. The van der Waals surface area contributed by atoms with Crippen LogP contribution in [0.2, 0.25) is 0 Å². The number of pyridine rings is 1. The number of nitrogens with zero attached hydrogens (tertiary/aromatic N) is 3. The Hall–Kier alpha value is -1.92. The van der Waals surface area contributed by atoms with Crippen LogP contribution >= 0.6 is 0 Å². The Kier molecular flexibility index (Phi) is 4.37. The topological polar surface area (TPSA) is 53.5 Å². The smallest absolute Gasteiger partial charge is 0.244 e. The number of anilines is 1. The fourth-order valence-electron chi connectivity index (χ4n) is 2.98. The molecule has 5 nitrogen and oxygen atoms in total. The minimum Gasteiger partial charge on any atom is -0.369 e. The lowest BCUT2D eigenvalue weighted by molar-refractivity contribution is 0.384. The maximum absolute atomic E-state index is 12.6. The first-order valence-electron chi connectivity index (χ1n) is 7.71. The van der Waals surface area contributed by atoms with E-state index in [9.17, 15) is 8.42 Å². The van der Waals surface area contributed by atoms with Gasteiger partial charge in [0, 0.05) is 44.3 Å². The van der Waals surface area contributed by atoms with E-state index in [1.54, 1.807) is 22.6 Å². The first-order chi connectivity index (χ1) is 11.0. The van der Waals surface area contributed by atoms with Crippen molar-refractivity contribution in [3.05, 3.63) is 53.9 Å². The van der Waals surface area contributed by atoms with Gasteiger partial charge in [-0.05, 0) is 37.6 Å². The first-order valence-corrected chi connectivity index (χ1v) is 9.15. The van der Waals surface area contributed by atoms with Gasteiger partial charge in [0.05, 0.1) is 0 Å². The Balaban J connectivity index is 1.74. The van der Waals surface area contributed by atoms with Gasteiger partial charge in [-0.3, -0.25) is 4.98 Å². The summed E-state index contributed by atoms with van der Waals surface area (Å²) in [5.41, 5.74) is 3.66. The van der Waals surface area contributed by atoms with Gasteiger partial charge in [0.15, 0.2) is 0 Å². The van der Waals surface area contributed by atoms with Gasteiger partial charge < -0.3 is 4.90 Å². The molecule has 2 aromatic rings. The predicted octanol–water partition coefficient (Wildman–Crippen LogP) is 2.21. The Morgan fingerprint density at radius 2 is 1.78 bits per heavy atom. The summed E-state index contributed by atoms with van der Waals surface area (Å²) in [6, 6.07) is 9.63. The molecule has 1 saturated heterocycles. The van der Waals surface area contributed by atoms with E-state index < -0.39 is 10.0 Å². The van der Waals surface area contributed by atoms with E-state index in [1.807, 2.05) is 0 Å². The highest BCUT2D eigenvalue weighted by atomic mass is 32.2. The Bertz CT molecular complexity index is 783. The number of hydrogen-bond acceptors (Lipinski definition) is 4. The molecule has 0 saturated carbocycles. The van der Waals surface area contributed by atoms with E-state index in [1.165, 1.54) is 23.0 Å². The average molecular weight is 331 g/mol. The van der Waals surface area contributed by atoms with Crippen molar-refractivity contribution in [3.8, 4) is 0 Å². The highest BCUT2D eigenvalue weighted by molar-refractivity contribution is 7.89. The monoisotopic (exact) mass is 331 g/mol. The number of rotatable bonds is 3. The van der Waals surface area contributed by atoms with Crippen molar-refractivity contribution in [1.82, 2.24) is 9.29 Å². The molecule has 0 bridgehead atoms. The highest BCUT2D eigenvalue weighted by Crippen LogP contribution is 2.24. The number of benzene rings is 1. The second kappa shape index (κ2) is 6.29. The first kappa shape index (κ1) is 16.0. The zero-order chi connectivity index (χ0) is 16.4. The lowest BCUT2D eigenvalue weighted by atomic mass is 10.1. The zero-order valence-corrected chi connectivity index (χ0v) is 14.3. The van der Waals surface area contributed by atoms with Gasteiger partial charge in [-0.15, -0.1) is 0 Å². The van der Waals surface area contributed by atoms with Crippen LogP contribution in [0.3, 0.4) is 0 Å². The van der Waals surface area contributed by atoms with Crippen molar-refractivity contribution in [2.24, 2.45) is 0 Å². The van der Waals surface area contributed by atoms with Crippen LogP contribution in [0.1, 0.15) is 11.1 Å². The summed E-state index contributed by atoms with van der Waals surface area (Å²) < 4.78 is 26.8. The summed E-state index contributed by atoms with van der Waals surface area (Å²) in [7, 11) is -3.44. The Labute approximate surface area is 137 Å². The molecule has 23 heavy (non-hydrogen) atoms. The van der Waals surface area contributed by atoms with Crippen molar-refractivity contribution < 1.29 is 8.42 Å². The Morgan fingerprint density at radius 1 is 1.04 bits per heavy atom. The van der Waals surface area contributed by atoms with E-state index in [0.717, 1.165) is 0 Å². The van der Waals surface area contributed by atoms with Crippen molar-refractivity contribution >= 4 is 15.7 Å². The van der Waals surface area contributed by atoms with E-state index in [0.29, 0.717) is 26.2 Å². The van der Waals surface area contributed by atoms with Gasteiger partial charge in [0.1, 0.15) is 4.90 Å². The highest BCUT2D eigenvalue weighted by Gasteiger charge is 2.28. The lowest BCUT2D eigenvalue weighted by Gasteiger charge is -2.36. The Morgan fingerprint density at radius 3 is 2.39 bits per heavy atom. The van der Waals surface area contributed by atoms with Crippen LogP contribution in [0.4, 0.5) is 5.69 Å². The number of aromatic nitrogens is 1. The molecule has 0 aliphatic carbocycles.